The first kappa shape index (κ1) is 15.3. The summed E-state index contributed by atoms with van der Waals surface area (Å²) in [5, 5.41) is 20.9. The van der Waals surface area contributed by atoms with Gasteiger partial charge in [-0.3, -0.25) is 4.79 Å². The Morgan fingerprint density at radius 3 is 2.38 bits per heavy atom. The van der Waals surface area contributed by atoms with Crippen LogP contribution in [0.5, 0.6) is 5.75 Å². The number of aliphatic carboxylic acids is 1. The molecule has 7 heteroatoms. The number of hydrogen-bond donors (Lipinski definition) is 3. The van der Waals surface area contributed by atoms with Crippen molar-refractivity contribution in [2.45, 2.75) is 12.5 Å². The van der Waals surface area contributed by atoms with Gasteiger partial charge in [0.2, 0.25) is 0 Å². The van der Waals surface area contributed by atoms with Crippen LogP contribution < -0.4 is 5.32 Å². The summed E-state index contributed by atoms with van der Waals surface area (Å²) in [6, 6.07) is 8.23. The van der Waals surface area contributed by atoms with Gasteiger partial charge in [-0.15, -0.1) is 11.3 Å². The Kier molecular flexibility index (Phi) is 4.82. The zero-order chi connectivity index (χ0) is 15.4. The molecule has 1 aromatic carbocycles. The number of benzene rings is 1. The second-order valence-corrected chi connectivity index (χ2v) is 6.05. The van der Waals surface area contributed by atoms with Crippen LogP contribution in [0.3, 0.4) is 0 Å². The fourth-order valence-electron chi connectivity index (χ4n) is 1.73. The molecule has 0 aliphatic heterocycles. The Balaban J connectivity index is 2.07. The molecule has 1 aromatic heterocycles. The van der Waals surface area contributed by atoms with Gasteiger partial charge in [0.25, 0.3) is 5.91 Å². The monoisotopic (exact) mass is 325 g/mol. The Hall–Kier alpha value is -2.05. The number of aromatic hydroxyl groups is 1. The lowest BCUT2D eigenvalue weighted by molar-refractivity contribution is -0.139. The first-order chi connectivity index (χ1) is 9.95. The maximum Gasteiger partial charge on any atom is 0.326 e. The molecule has 0 aliphatic rings. The molecule has 0 saturated carbocycles. The standard InChI is InChI=1S/C14H12ClNO4S/c15-12-6-5-11(21-12)13(18)16-10(14(19)20)7-8-1-3-9(17)4-2-8/h1-6,10,17H,7H2,(H,16,18)(H,19,20)/t10-/m0/s1. The van der Waals surface area contributed by atoms with E-state index in [1.165, 1.54) is 12.1 Å². The number of thiophene rings is 1. The highest BCUT2D eigenvalue weighted by atomic mass is 35.5. The van der Waals surface area contributed by atoms with Crippen LogP contribution in [0.2, 0.25) is 4.34 Å². The molecule has 110 valence electrons. The van der Waals surface area contributed by atoms with E-state index in [1.54, 1.807) is 24.3 Å². The van der Waals surface area contributed by atoms with Crippen molar-refractivity contribution in [3.8, 4) is 5.75 Å². The highest BCUT2D eigenvalue weighted by Crippen LogP contribution is 2.21. The van der Waals surface area contributed by atoms with E-state index in [9.17, 15) is 19.8 Å². The summed E-state index contributed by atoms with van der Waals surface area (Å²) in [6.07, 6.45) is 0.125. The van der Waals surface area contributed by atoms with Gasteiger partial charge in [0.15, 0.2) is 0 Å². The number of carboxylic acid groups (broad SMARTS) is 1. The van der Waals surface area contributed by atoms with Crippen molar-refractivity contribution in [1.29, 1.82) is 0 Å². The molecular weight excluding hydrogens is 314 g/mol. The molecule has 2 rings (SSSR count). The van der Waals surface area contributed by atoms with Crippen LogP contribution in [-0.2, 0) is 11.2 Å². The lowest BCUT2D eigenvalue weighted by Gasteiger charge is -2.14. The molecule has 0 spiro atoms. The van der Waals surface area contributed by atoms with Gasteiger partial charge in [0, 0.05) is 6.42 Å². The summed E-state index contributed by atoms with van der Waals surface area (Å²) in [4.78, 5) is 23.6. The molecule has 21 heavy (non-hydrogen) atoms. The van der Waals surface area contributed by atoms with E-state index in [0.29, 0.717) is 14.8 Å². The van der Waals surface area contributed by atoms with E-state index in [-0.39, 0.29) is 12.2 Å². The summed E-state index contributed by atoms with van der Waals surface area (Å²) in [5.41, 5.74) is 0.699. The first-order valence-electron chi connectivity index (χ1n) is 6.02. The number of carboxylic acids is 1. The zero-order valence-electron chi connectivity index (χ0n) is 10.7. The van der Waals surface area contributed by atoms with Crippen LogP contribution in [0.4, 0.5) is 0 Å². The predicted octanol–water partition coefficient (Wildman–Crippen LogP) is 2.53. The number of phenolic OH excluding ortho intramolecular Hbond substituents is 1. The number of nitrogens with one attached hydrogen (secondary N) is 1. The van der Waals surface area contributed by atoms with Crippen molar-refractivity contribution in [2.75, 3.05) is 0 Å². The van der Waals surface area contributed by atoms with Crippen LogP contribution in [0.15, 0.2) is 36.4 Å². The minimum atomic E-state index is -1.13. The molecule has 1 atom stereocenters. The summed E-state index contributed by atoms with van der Waals surface area (Å²) < 4.78 is 0.463. The number of rotatable bonds is 5. The minimum absolute atomic E-state index is 0.0999. The second-order valence-electron chi connectivity index (χ2n) is 4.34. The molecular formula is C14H12ClNO4S. The summed E-state index contributed by atoms with van der Waals surface area (Å²) in [5.74, 6) is -1.50. The van der Waals surface area contributed by atoms with Crippen molar-refractivity contribution in [2.24, 2.45) is 0 Å². The van der Waals surface area contributed by atoms with Crippen LogP contribution in [0, 0.1) is 0 Å². The molecule has 1 amide bonds. The highest BCUT2D eigenvalue weighted by molar-refractivity contribution is 7.18. The van der Waals surface area contributed by atoms with Crippen molar-refractivity contribution in [1.82, 2.24) is 5.32 Å². The number of phenols is 1. The van der Waals surface area contributed by atoms with Gasteiger partial charge in [-0.05, 0) is 29.8 Å². The molecule has 0 saturated heterocycles. The van der Waals surface area contributed by atoms with Gasteiger partial charge in [-0.25, -0.2) is 4.79 Å². The van der Waals surface area contributed by atoms with Crippen LogP contribution >= 0.6 is 22.9 Å². The Morgan fingerprint density at radius 2 is 1.86 bits per heavy atom. The average Bonchev–Trinajstić information content (AvgIpc) is 2.87. The van der Waals surface area contributed by atoms with Crippen molar-refractivity contribution in [3.63, 3.8) is 0 Å². The van der Waals surface area contributed by atoms with E-state index >= 15 is 0 Å². The Bertz CT molecular complexity index is 653. The lowest BCUT2D eigenvalue weighted by Crippen LogP contribution is -2.42. The van der Waals surface area contributed by atoms with Crippen LogP contribution in [-0.4, -0.2) is 28.1 Å². The van der Waals surface area contributed by atoms with Gasteiger partial charge < -0.3 is 15.5 Å². The molecule has 0 fully saturated rings. The summed E-state index contributed by atoms with van der Waals surface area (Å²) in [6.45, 7) is 0. The predicted molar refractivity (Wildman–Crippen MR) is 80.0 cm³/mol. The van der Waals surface area contributed by atoms with E-state index in [0.717, 1.165) is 11.3 Å². The number of carbonyl (C=O) groups excluding carboxylic acids is 1. The van der Waals surface area contributed by atoms with E-state index in [2.05, 4.69) is 5.32 Å². The maximum atomic E-state index is 12.0. The summed E-state index contributed by atoms with van der Waals surface area (Å²) in [7, 11) is 0. The van der Waals surface area contributed by atoms with E-state index in [1.807, 2.05) is 0 Å². The Labute approximate surface area is 129 Å². The molecule has 3 N–H and O–H groups in total. The molecule has 0 aliphatic carbocycles. The van der Waals surface area contributed by atoms with Crippen molar-refractivity contribution < 1.29 is 19.8 Å². The van der Waals surface area contributed by atoms with E-state index < -0.39 is 17.9 Å². The zero-order valence-corrected chi connectivity index (χ0v) is 12.3. The van der Waals surface area contributed by atoms with Crippen LogP contribution in [0.1, 0.15) is 15.2 Å². The minimum Gasteiger partial charge on any atom is -0.508 e. The number of amides is 1. The second kappa shape index (κ2) is 6.60. The first-order valence-corrected chi connectivity index (χ1v) is 7.22. The third-order valence-corrected chi connectivity index (χ3v) is 4.01. The summed E-state index contributed by atoms with van der Waals surface area (Å²) >= 11 is 6.83. The Morgan fingerprint density at radius 1 is 1.19 bits per heavy atom. The van der Waals surface area contributed by atoms with E-state index in [4.69, 9.17) is 11.6 Å². The van der Waals surface area contributed by atoms with Gasteiger partial charge in [-0.2, -0.15) is 0 Å². The van der Waals surface area contributed by atoms with Crippen LogP contribution in [0.25, 0.3) is 0 Å². The molecule has 2 aromatic rings. The molecule has 0 radical (unpaired) electrons. The normalized spacial score (nSPS) is 11.9. The number of halogens is 1. The van der Waals surface area contributed by atoms with Gasteiger partial charge in [0.05, 0.1) is 9.21 Å². The van der Waals surface area contributed by atoms with Crippen molar-refractivity contribution in [3.05, 3.63) is 51.2 Å². The highest BCUT2D eigenvalue weighted by Gasteiger charge is 2.21. The quantitative estimate of drug-likeness (QED) is 0.788. The third-order valence-electron chi connectivity index (χ3n) is 2.78. The topological polar surface area (TPSA) is 86.6 Å². The average molecular weight is 326 g/mol. The number of hydrogen-bond acceptors (Lipinski definition) is 4. The third kappa shape index (κ3) is 4.21. The molecule has 1 heterocycles. The molecule has 0 unspecified atom stereocenters. The molecule has 0 bridgehead atoms. The number of carbonyl (C=O) groups is 2. The largest absolute Gasteiger partial charge is 0.508 e. The van der Waals surface area contributed by atoms with Gasteiger partial charge in [0.1, 0.15) is 11.8 Å². The fourth-order valence-corrected chi connectivity index (χ4v) is 2.68. The maximum absolute atomic E-state index is 12.0. The SMILES string of the molecule is O=C(N[C@@H](Cc1ccc(O)cc1)C(=O)O)c1ccc(Cl)s1. The smallest absolute Gasteiger partial charge is 0.326 e. The van der Waals surface area contributed by atoms with Crippen molar-refractivity contribution >= 4 is 34.8 Å². The molecule has 5 nitrogen and oxygen atoms in total. The lowest BCUT2D eigenvalue weighted by atomic mass is 10.1. The fraction of sp³-hybridized carbons (Fsp3) is 0.143. The van der Waals surface area contributed by atoms with Gasteiger partial charge >= 0.3 is 5.97 Å². The van der Waals surface area contributed by atoms with Gasteiger partial charge in [-0.1, -0.05) is 23.7 Å².